The highest BCUT2D eigenvalue weighted by Crippen LogP contribution is 2.27. The number of nitrogens with one attached hydrogen (secondary N) is 1. The molecule has 2 fully saturated rings. The van der Waals surface area contributed by atoms with E-state index in [9.17, 15) is 4.79 Å². The van der Waals surface area contributed by atoms with E-state index < -0.39 is 0 Å². The molecule has 130 valence electrons. The van der Waals surface area contributed by atoms with Crippen LogP contribution in [0.15, 0.2) is 0 Å². The van der Waals surface area contributed by atoms with Crippen LogP contribution in [0.5, 0.6) is 0 Å². The second kappa shape index (κ2) is 7.62. The SMILES string of the molecule is CCC1CC(C)CN1C(=O)c1nnn(C2CCNCC2)c1C.Cl. The van der Waals surface area contributed by atoms with Gasteiger partial charge in [0.15, 0.2) is 5.69 Å². The predicted octanol–water partition coefficient (Wildman–Crippen LogP) is 2.19. The molecule has 1 aromatic heterocycles. The summed E-state index contributed by atoms with van der Waals surface area (Å²) in [5.74, 6) is 0.641. The molecule has 0 spiro atoms. The van der Waals surface area contributed by atoms with Gasteiger partial charge in [-0.1, -0.05) is 19.1 Å². The van der Waals surface area contributed by atoms with Crippen molar-refractivity contribution in [1.82, 2.24) is 25.2 Å². The Labute approximate surface area is 144 Å². The van der Waals surface area contributed by atoms with Gasteiger partial charge in [-0.2, -0.15) is 0 Å². The highest BCUT2D eigenvalue weighted by atomic mass is 35.5. The lowest BCUT2D eigenvalue weighted by atomic mass is 10.1. The Morgan fingerprint density at radius 1 is 1.35 bits per heavy atom. The highest BCUT2D eigenvalue weighted by Gasteiger charge is 2.35. The van der Waals surface area contributed by atoms with Gasteiger partial charge in [0.1, 0.15) is 0 Å². The fraction of sp³-hybridized carbons (Fsp3) is 0.812. The van der Waals surface area contributed by atoms with Crippen LogP contribution in [0.3, 0.4) is 0 Å². The normalized spacial score (nSPS) is 25.4. The summed E-state index contributed by atoms with van der Waals surface area (Å²) >= 11 is 0. The summed E-state index contributed by atoms with van der Waals surface area (Å²) in [4.78, 5) is 14.9. The van der Waals surface area contributed by atoms with Crippen LogP contribution in [0.4, 0.5) is 0 Å². The maximum atomic E-state index is 12.9. The molecule has 1 N–H and O–H groups in total. The number of carbonyl (C=O) groups excluding carboxylic acids is 1. The van der Waals surface area contributed by atoms with Crippen LogP contribution < -0.4 is 5.32 Å². The Hall–Kier alpha value is -1.14. The largest absolute Gasteiger partial charge is 0.334 e. The molecular formula is C16H28ClN5O. The molecule has 23 heavy (non-hydrogen) atoms. The van der Waals surface area contributed by atoms with Gasteiger partial charge in [0.2, 0.25) is 0 Å². The van der Waals surface area contributed by atoms with Gasteiger partial charge < -0.3 is 10.2 Å². The quantitative estimate of drug-likeness (QED) is 0.915. The van der Waals surface area contributed by atoms with Crippen LogP contribution >= 0.6 is 12.4 Å². The summed E-state index contributed by atoms with van der Waals surface area (Å²) in [5.41, 5.74) is 1.47. The van der Waals surface area contributed by atoms with Crippen LogP contribution in [0.1, 0.15) is 61.8 Å². The molecule has 0 radical (unpaired) electrons. The number of halogens is 1. The lowest BCUT2D eigenvalue weighted by molar-refractivity contribution is 0.0723. The van der Waals surface area contributed by atoms with E-state index >= 15 is 0 Å². The number of likely N-dealkylation sites (tertiary alicyclic amines) is 1. The van der Waals surface area contributed by atoms with Crippen LogP contribution in [0.25, 0.3) is 0 Å². The van der Waals surface area contributed by atoms with Gasteiger partial charge in [0.05, 0.1) is 11.7 Å². The average molecular weight is 342 g/mol. The summed E-state index contributed by atoms with van der Waals surface area (Å²) in [6, 6.07) is 0.723. The highest BCUT2D eigenvalue weighted by molar-refractivity contribution is 5.93. The zero-order chi connectivity index (χ0) is 15.7. The smallest absolute Gasteiger partial charge is 0.276 e. The van der Waals surface area contributed by atoms with Crippen molar-refractivity contribution in [2.24, 2.45) is 5.92 Å². The number of hydrogen-bond acceptors (Lipinski definition) is 4. The number of rotatable bonds is 3. The van der Waals surface area contributed by atoms with Crippen molar-refractivity contribution in [1.29, 1.82) is 0 Å². The molecule has 2 unspecified atom stereocenters. The maximum absolute atomic E-state index is 12.9. The average Bonchev–Trinajstić information content (AvgIpc) is 3.10. The molecule has 0 aromatic carbocycles. The predicted molar refractivity (Wildman–Crippen MR) is 92.0 cm³/mol. The molecule has 0 bridgehead atoms. The summed E-state index contributed by atoms with van der Waals surface area (Å²) in [6.45, 7) is 9.21. The van der Waals surface area contributed by atoms with Crippen molar-refractivity contribution in [3.05, 3.63) is 11.4 Å². The molecule has 6 nitrogen and oxygen atoms in total. The van der Waals surface area contributed by atoms with Crippen molar-refractivity contribution in [3.8, 4) is 0 Å². The first-order valence-corrected chi connectivity index (χ1v) is 8.55. The zero-order valence-corrected chi connectivity index (χ0v) is 15.1. The van der Waals surface area contributed by atoms with Gasteiger partial charge in [-0.25, -0.2) is 4.68 Å². The minimum Gasteiger partial charge on any atom is -0.334 e. The van der Waals surface area contributed by atoms with E-state index in [0.29, 0.717) is 23.7 Å². The first kappa shape index (κ1) is 18.2. The Balaban J connectivity index is 0.00000192. The van der Waals surface area contributed by atoms with E-state index in [1.54, 1.807) is 0 Å². The number of amides is 1. The molecule has 1 aromatic rings. The molecule has 2 atom stereocenters. The van der Waals surface area contributed by atoms with Crippen molar-refractivity contribution in [3.63, 3.8) is 0 Å². The lowest BCUT2D eigenvalue weighted by Gasteiger charge is -2.24. The third kappa shape index (κ3) is 3.53. The van der Waals surface area contributed by atoms with Gasteiger partial charge >= 0.3 is 0 Å². The minimum absolute atomic E-state index is 0. The number of nitrogens with zero attached hydrogens (tertiary/aromatic N) is 4. The second-order valence-electron chi connectivity index (χ2n) is 6.81. The van der Waals surface area contributed by atoms with Gasteiger partial charge in [-0.3, -0.25) is 4.79 Å². The molecule has 2 aliphatic rings. The van der Waals surface area contributed by atoms with Crippen LogP contribution in [-0.4, -0.2) is 51.5 Å². The van der Waals surface area contributed by atoms with E-state index in [-0.39, 0.29) is 18.3 Å². The number of piperidine rings is 1. The Kier molecular flexibility index (Phi) is 6.03. The fourth-order valence-corrected chi connectivity index (χ4v) is 3.86. The Morgan fingerprint density at radius 2 is 2.04 bits per heavy atom. The molecule has 3 heterocycles. The van der Waals surface area contributed by atoms with E-state index in [1.807, 2.05) is 16.5 Å². The Morgan fingerprint density at radius 3 is 2.70 bits per heavy atom. The summed E-state index contributed by atoms with van der Waals surface area (Å²) in [7, 11) is 0. The van der Waals surface area contributed by atoms with E-state index in [2.05, 4.69) is 29.5 Å². The number of hydrogen-bond donors (Lipinski definition) is 1. The maximum Gasteiger partial charge on any atom is 0.276 e. The van der Waals surface area contributed by atoms with E-state index in [4.69, 9.17) is 0 Å². The lowest BCUT2D eigenvalue weighted by Crippen LogP contribution is -2.36. The van der Waals surface area contributed by atoms with E-state index in [1.165, 1.54) is 0 Å². The molecule has 7 heteroatoms. The summed E-state index contributed by atoms with van der Waals surface area (Å²) < 4.78 is 1.97. The van der Waals surface area contributed by atoms with Crippen LogP contribution in [-0.2, 0) is 0 Å². The monoisotopic (exact) mass is 341 g/mol. The molecule has 3 rings (SSSR count). The fourth-order valence-electron chi connectivity index (χ4n) is 3.86. The van der Waals surface area contributed by atoms with Crippen molar-refractivity contribution >= 4 is 18.3 Å². The second-order valence-corrected chi connectivity index (χ2v) is 6.81. The Bertz CT molecular complexity index is 541. The standard InChI is InChI=1S/C16H27N5O.ClH/c1-4-13-9-11(2)10-20(13)16(22)15-12(3)21(19-18-15)14-5-7-17-8-6-14;/h11,13-14,17H,4-10H2,1-3H3;1H. The van der Waals surface area contributed by atoms with Gasteiger partial charge in [-0.15, -0.1) is 17.5 Å². The molecule has 1 amide bonds. The topological polar surface area (TPSA) is 63.1 Å². The molecular weight excluding hydrogens is 314 g/mol. The van der Waals surface area contributed by atoms with Crippen LogP contribution in [0.2, 0.25) is 0 Å². The third-order valence-electron chi connectivity index (χ3n) is 5.14. The van der Waals surface area contributed by atoms with Gasteiger partial charge in [0.25, 0.3) is 5.91 Å². The van der Waals surface area contributed by atoms with Crippen molar-refractivity contribution in [2.45, 2.75) is 58.5 Å². The molecule has 2 saturated heterocycles. The van der Waals surface area contributed by atoms with E-state index in [0.717, 1.165) is 51.0 Å². The summed E-state index contributed by atoms with van der Waals surface area (Å²) in [5, 5.41) is 11.9. The van der Waals surface area contributed by atoms with Crippen molar-refractivity contribution in [2.75, 3.05) is 19.6 Å². The first-order valence-electron chi connectivity index (χ1n) is 8.55. The summed E-state index contributed by atoms with van der Waals surface area (Å²) in [6.07, 6.45) is 4.22. The molecule has 0 aliphatic carbocycles. The van der Waals surface area contributed by atoms with Crippen molar-refractivity contribution < 1.29 is 4.79 Å². The van der Waals surface area contributed by atoms with Crippen LogP contribution in [0, 0.1) is 12.8 Å². The third-order valence-corrected chi connectivity index (χ3v) is 5.14. The molecule has 0 saturated carbocycles. The minimum atomic E-state index is 0. The first-order chi connectivity index (χ1) is 10.6. The number of aromatic nitrogens is 3. The zero-order valence-electron chi connectivity index (χ0n) is 14.3. The van der Waals surface area contributed by atoms with Gasteiger partial charge in [-0.05, 0) is 51.6 Å². The molecule has 2 aliphatic heterocycles. The number of carbonyl (C=O) groups is 1. The van der Waals surface area contributed by atoms with Gasteiger partial charge in [0, 0.05) is 12.6 Å².